The minimum Gasteiger partial charge on any atom is -0.486 e. The van der Waals surface area contributed by atoms with E-state index in [4.69, 9.17) is 4.74 Å². The highest BCUT2D eigenvalue weighted by Gasteiger charge is 2.30. The summed E-state index contributed by atoms with van der Waals surface area (Å²) in [5.41, 5.74) is 0.138. The van der Waals surface area contributed by atoms with Crippen molar-refractivity contribution in [2.45, 2.75) is 33.2 Å². The molecule has 0 aliphatic heterocycles. The van der Waals surface area contributed by atoms with Crippen LogP contribution in [0.2, 0.25) is 0 Å². The molecule has 3 nitrogen and oxygen atoms in total. The molecule has 2 rings (SSSR count). The summed E-state index contributed by atoms with van der Waals surface area (Å²) in [4.78, 5) is 4.28. The van der Waals surface area contributed by atoms with Crippen LogP contribution in [0.3, 0.4) is 0 Å². The van der Waals surface area contributed by atoms with Gasteiger partial charge in [-0.25, -0.2) is 4.98 Å². The third kappa shape index (κ3) is 3.31. The first-order valence-electron chi connectivity index (χ1n) is 6.23. The number of aromatic nitrogens is 2. The lowest BCUT2D eigenvalue weighted by molar-refractivity contribution is -0.137. The lowest BCUT2D eigenvalue weighted by Gasteiger charge is -2.10. The van der Waals surface area contributed by atoms with E-state index >= 15 is 0 Å². The first kappa shape index (κ1) is 14.4. The molecule has 0 aliphatic carbocycles. The van der Waals surface area contributed by atoms with E-state index in [9.17, 15) is 13.2 Å². The second-order valence-electron chi connectivity index (χ2n) is 4.40. The molecule has 20 heavy (non-hydrogen) atoms. The fourth-order valence-corrected chi connectivity index (χ4v) is 1.90. The molecule has 0 amide bonds. The number of nitrogens with zero attached hydrogens (tertiary/aromatic N) is 2. The lowest BCUT2D eigenvalue weighted by atomic mass is 10.2. The smallest absolute Gasteiger partial charge is 0.416 e. The molecule has 6 heteroatoms. The molecular weight excluding hydrogens is 269 g/mol. The highest BCUT2D eigenvalue weighted by molar-refractivity contribution is 5.30. The van der Waals surface area contributed by atoms with E-state index in [-0.39, 0.29) is 12.4 Å². The number of alkyl halides is 3. The summed E-state index contributed by atoms with van der Waals surface area (Å²) in [6.45, 7) is 4.71. The van der Waals surface area contributed by atoms with Gasteiger partial charge in [-0.3, -0.25) is 0 Å². The van der Waals surface area contributed by atoms with E-state index in [1.807, 2.05) is 24.6 Å². The molecule has 0 radical (unpaired) electrons. The summed E-state index contributed by atoms with van der Waals surface area (Å²) in [6, 6.07) is 4.84. The maximum absolute atomic E-state index is 12.6. The molecule has 0 N–H and O–H groups in total. The monoisotopic (exact) mass is 284 g/mol. The average molecular weight is 284 g/mol. The molecule has 0 spiro atoms. The number of ether oxygens (including phenoxy) is 1. The van der Waals surface area contributed by atoms with Crippen molar-refractivity contribution in [2.75, 3.05) is 0 Å². The Labute approximate surface area is 115 Å². The van der Waals surface area contributed by atoms with Gasteiger partial charge in [-0.1, -0.05) is 6.07 Å². The van der Waals surface area contributed by atoms with Crippen molar-refractivity contribution in [2.24, 2.45) is 0 Å². The number of halogens is 3. The van der Waals surface area contributed by atoms with Gasteiger partial charge in [-0.05, 0) is 32.0 Å². The first-order chi connectivity index (χ1) is 9.40. The van der Waals surface area contributed by atoms with E-state index in [0.29, 0.717) is 5.82 Å². The Kier molecular flexibility index (Phi) is 4.01. The minimum absolute atomic E-state index is 0.142. The zero-order chi connectivity index (χ0) is 14.8. The van der Waals surface area contributed by atoms with Gasteiger partial charge in [0.05, 0.1) is 11.3 Å². The minimum atomic E-state index is -4.36. The lowest BCUT2D eigenvalue weighted by Crippen LogP contribution is -2.07. The first-order valence-corrected chi connectivity index (χ1v) is 6.23. The molecule has 1 aromatic heterocycles. The summed E-state index contributed by atoms with van der Waals surface area (Å²) in [5, 5.41) is 0. The topological polar surface area (TPSA) is 27.1 Å². The van der Waals surface area contributed by atoms with E-state index in [2.05, 4.69) is 4.98 Å². The molecule has 0 bridgehead atoms. The van der Waals surface area contributed by atoms with Gasteiger partial charge in [-0.15, -0.1) is 0 Å². The number of benzene rings is 1. The third-order valence-corrected chi connectivity index (χ3v) is 2.85. The van der Waals surface area contributed by atoms with E-state index in [1.54, 1.807) is 0 Å². The summed E-state index contributed by atoms with van der Waals surface area (Å²) in [7, 11) is 0. The largest absolute Gasteiger partial charge is 0.486 e. The summed E-state index contributed by atoms with van der Waals surface area (Å²) < 4.78 is 45.0. The molecular formula is C14H15F3N2O. The molecule has 1 heterocycles. The van der Waals surface area contributed by atoms with Gasteiger partial charge in [-0.2, -0.15) is 13.2 Å². The van der Waals surface area contributed by atoms with Crippen molar-refractivity contribution in [1.82, 2.24) is 9.55 Å². The van der Waals surface area contributed by atoms with Gasteiger partial charge in [0.15, 0.2) is 0 Å². The molecule has 1 aromatic carbocycles. The highest BCUT2D eigenvalue weighted by atomic mass is 19.4. The number of rotatable bonds is 4. The van der Waals surface area contributed by atoms with Gasteiger partial charge >= 0.3 is 6.18 Å². The summed E-state index contributed by atoms with van der Waals surface area (Å²) in [5.74, 6) is 0.880. The van der Waals surface area contributed by atoms with Crippen molar-refractivity contribution >= 4 is 0 Å². The van der Waals surface area contributed by atoms with Gasteiger partial charge in [0.25, 0.3) is 0 Å². The Morgan fingerprint density at radius 1 is 1.30 bits per heavy atom. The van der Waals surface area contributed by atoms with Crippen LogP contribution in [0.25, 0.3) is 0 Å². The van der Waals surface area contributed by atoms with E-state index < -0.39 is 11.7 Å². The normalized spacial score (nSPS) is 11.7. The van der Waals surface area contributed by atoms with Crippen molar-refractivity contribution in [1.29, 1.82) is 0 Å². The van der Waals surface area contributed by atoms with Crippen molar-refractivity contribution in [3.8, 4) is 5.75 Å². The predicted octanol–water partition coefficient (Wildman–Crippen LogP) is 3.81. The van der Waals surface area contributed by atoms with Crippen LogP contribution in [0.1, 0.15) is 24.0 Å². The Morgan fingerprint density at radius 2 is 2.05 bits per heavy atom. The second kappa shape index (κ2) is 5.56. The van der Waals surface area contributed by atoms with Crippen LogP contribution in [-0.2, 0) is 19.3 Å². The molecule has 0 saturated carbocycles. The van der Waals surface area contributed by atoms with E-state index in [0.717, 1.165) is 24.4 Å². The molecule has 0 fully saturated rings. The standard InChI is InChI=1S/C14H15F3N2O/c1-3-19-8-10(2)18-13(19)9-20-12-6-4-5-11(7-12)14(15,16)17/h4-8H,3,9H2,1-2H3. The van der Waals surface area contributed by atoms with Gasteiger partial charge < -0.3 is 9.30 Å². The van der Waals surface area contributed by atoms with Crippen LogP contribution >= 0.6 is 0 Å². The molecule has 0 saturated heterocycles. The Hall–Kier alpha value is -1.98. The van der Waals surface area contributed by atoms with E-state index in [1.165, 1.54) is 12.1 Å². The van der Waals surface area contributed by atoms with Gasteiger partial charge in [0.2, 0.25) is 0 Å². The zero-order valence-electron chi connectivity index (χ0n) is 11.2. The number of hydrogen-bond acceptors (Lipinski definition) is 2. The zero-order valence-corrected chi connectivity index (χ0v) is 11.2. The van der Waals surface area contributed by atoms with Gasteiger partial charge in [0.1, 0.15) is 18.2 Å². The summed E-state index contributed by atoms with van der Waals surface area (Å²) in [6.07, 6.45) is -2.48. The SMILES string of the molecule is CCn1cc(C)nc1COc1cccc(C(F)(F)F)c1. The number of hydrogen-bond donors (Lipinski definition) is 0. The van der Waals surface area contributed by atoms with Crippen LogP contribution in [0.4, 0.5) is 13.2 Å². The van der Waals surface area contributed by atoms with Crippen molar-refractivity contribution < 1.29 is 17.9 Å². The molecule has 2 aromatic rings. The molecule has 0 aliphatic rings. The fraction of sp³-hybridized carbons (Fsp3) is 0.357. The van der Waals surface area contributed by atoms with Crippen LogP contribution < -0.4 is 4.74 Å². The average Bonchev–Trinajstić information content (AvgIpc) is 2.76. The maximum Gasteiger partial charge on any atom is 0.416 e. The molecule has 0 atom stereocenters. The molecule has 0 unspecified atom stereocenters. The second-order valence-corrected chi connectivity index (χ2v) is 4.40. The van der Waals surface area contributed by atoms with Crippen LogP contribution in [-0.4, -0.2) is 9.55 Å². The fourth-order valence-electron chi connectivity index (χ4n) is 1.90. The Bertz CT molecular complexity index is 590. The third-order valence-electron chi connectivity index (χ3n) is 2.85. The number of imidazole rings is 1. The Morgan fingerprint density at radius 3 is 2.70 bits per heavy atom. The Balaban J connectivity index is 2.11. The molecule has 108 valence electrons. The van der Waals surface area contributed by atoms with Crippen LogP contribution in [0.15, 0.2) is 30.5 Å². The number of aryl methyl sites for hydroxylation is 2. The van der Waals surface area contributed by atoms with Crippen molar-refractivity contribution in [3.05, 3.63) is 47.5 Å². The summed E-state index contributed by atoms with van der Waals surface area (Å²) >= 11 is 0. The quantitative estimate of drug-likeness (QED) is 0.853. The van der Waals surface area contributed by atoms with Gasteiger partial charge in [0, 0.05) is 12.7 Å². The predicted molar refractivity (Wildman–Crippen MR) is 68.4 cm³/mol. The van der Waals surface area contributed by atoms with Crippen LogP contribution in [0, 0.1) is 6.92 Å². The van der Waals surface area contributed by atoms with Crippen LogP contribution in [0.5, 0.6) is 5.75 Å². The highest BCUT2D eigenvalue weighted by Crippen LogP contribution is 2.31. The van der Waals surface area contributed by atoms with Crippen molar-refractivity contribution in [3.63, 3.8) is 0 Å². The maximum atomic E-state index is 12.6.